The maximum atomic E-state index is 14.5. The molecule has 6 heteroatoms. The fourth-order valence-electron chi connectivity index (χ4n) is 3.56. The molecule has 0 atom stereocenters. The first-order valence-electron chi connectivity index (χ1n) is 8.89. The molecule has 2 aromatic carbocycles. The lowest BCUT2D eigenvalue weighted by Crippen LogP contribution is -2.21. The summed E-state index contributed by atoms with van der Waals surface area (Å²) in [6.07, 6.45) is 2.11. The molecule has 0 fully saturated rings. The average molecular weight is 370 g/mol. The summed E-state index contributed by atoms with van der Waals surface area (Å²) in [5, 5.41) is 8.53. The Hall–Kier alpha value is -3.80. The summed E-state index contributed by atoms with van der Waals surface area (Å²) in [5.74, 6) is -0.482. The molecule has 0 bridgehead atoms. The van der Waals surface area contributed by atoms with Gasteiger partial charge in [0.05, 0.1) is 16.8 Å². The Morgan fingerprint density at radius 2 is 1.75 bits per heavy atom. The summed E-state index contributed by atoms with van der Waals surface area (Å²) in [5.41, 5.74) is 2.50. The number of H-pyrrole nitrogens is 1. The van der Waals surface area contributed by atoms with Crippen molar-refractivity contribution in [3.05, 3.63) is 100 Å². The third-order valence-corrected chi connectivity index (χ3v) is 4.83. The third-order valence-electron chi connectivity index (χ3n) is 4.83. The van der Waals surface area contributed by atoms with Gasteiger partial charge in [-0.25, -0.2) is 9.37 Å². The molecular formula is C22H15FN4O. The fraction of sp³-hybridized carbons (Fsp3) is 0.0455. The van der Waals surface area contributed by atoms with E-state index in [0.717, 1.165) is 5.56 Å². The largest absolute Gasteiger partial charge is 0.281 e. The Balaban J connectivity index is 1.86. The molecule has 28 heavy (non-hydrogen) atoms. The molecule has 0 spiro atoms. The lowest BCUT2D eigenvalue weighted by atomic mass is 10.1. The van der Waals surface area contributed by atoms with E-state index in [2.05, 4.69) is 15.2 Å². The molecule has 136 valence electrons. The van der Waals surface area contributed by atoms with Crippen LogP contribution in [0.3, 0.4) is 0 Å². The monoisotopic (exact) mass is 370 g/mol. The van der Waals surface area contributed by atoms with E-state index in [-0.39, 0.29) is 11.2 Å². The molecule has 0 radical (unpaired) electrons. The van der Waals surface area contributed by atoms with E-state index >= 15 is 0 Å². The molecule has 5 aromatic rings. The third kappa shape index (κ3) is 2.50. The summed E-state index contributed by atoms with van der Waals surface area (Å²) in [4.78, 5) is 17.8. The molecule has 1 N–H and O–H groups in total. The molecule has 5 rings (SSSR count). The molecule has 0 amide bonds. The zero-order valence-electron chi connectivity index (χ0n) is 14.8. The second-order valence-corrected chi connectivity index (χ2v) is 6.55. The van der Waals surface area contributed by atoms with Crippen molar-refractivity contribution < 1.29 is 4.39 Å². The molecule has 0 saturated heterocycles. The molecule has 0 aliphatic rings. The van der Waals surface area contributed by atoms with Crippen LogP contribution in [0, 0.1) is 5.82 Å². The van der Waals surface area contributed by atoms with Crippen molar-refractivity contribution >= 4 is 21.9 Å². The summed E-state index contributed by atoms with van der Waals surface area (Å²) >= 11 is 0. The van der Waals surface area contributed by atoms with Gasteiger partial charge in [-0.2, -0.15) is 5.10 Å². The molecule has 5 nitrogen and oxygen atoms in total. The minimum atomic E-state index is -0.482. The highest BCUT2D eigenvalue weighted by atomic mass is 19.1. The van der Waals surface area contributed by atoms with E-state index in [0.29, 0.717) is 34.1 Å². The lowest BCUT2D eigenvalue weighted by Gasteiger charge is -2.11. The number of aromatic amines is 1. The number of aromatic nitrogens is 4. The number of rotatable bonds is 3. The van der Waals surface area contributed by atoms with Crippen LogP contribution in [0.15, 0.2) is 77.7 Å². The first kappa shape index (κ1) is 16.4. The minimum Gasteiger partial charge on any atom is -0.281 e. The van der Waals surface area contributed by atoms with Crippen LogP contribution in [0.25, 0.3) is 27.6 Å². The number of para-hydroxylation sites is 1. The number of nitrogens with one attached hydrogen (secondary N) is 1. The number of hydrogen-bond acceptors (Lipinski definition) is 3. The first-order valence-corrected chi connectivity index (χ1v) is 8.89. The Morgan fingerprint density at radius 3 is 2.57 bits per heavy atom. The van der Waals surface area contributed by atoms with Crippen molar-refractivity contribution in [3.63, 3.8) is 0 Å². The lowest BCUT2D eigenvalue weighted by molar-refractivity contribution is 0.618. The van der Waals surface area contributed by atoms with E-state index < -0.39 is 5.82 Å². The van der Waals surface area contributed by atoms with Gasteiger partial charge in [0, 0.05) is 18.0 Å². The Morgan fingerprint density at radius 1 is 0.964 bits per heavy atom. The van der Waals surface area contributed by atoms with Crippen LogP contribution in [-0.2, 0) is 6.42 Å². The number of fused-ring (bicyclic) bond motifs is 3. The topological polar surface area (TPSA) is 63.6 Å². The molecule has 0 unspecified atom stereocenters. The van der Waals surface area contributed by atoms with Gasteiger partial charge < -0.3 is 0 Å². The Labute approximate surface area is 159 Å². The van der Waals surface area contributed by atoms with Crippen molar-refractivity contribution in [2.24, 2.45) is 0 Å². The fourth-order valence-corrected chi connectivity index (χ4v) is 3.56. The minimum absolute atomic E-state index is 0.171. The van der Waals surface area contributed by atoms with E-state index in [1.54, 1.807) is 30.5 Å². The SMILES string of the molecule is O=c1c2c(Cc3ccccc3)[nH]nc2c2cccnc2n1-c1ccccc1F. The summed E-state index contributed by atoms with van der Waals surface area (Å²) < 4.78 is 15.9. The molecular weight excluding hydrogens is 355 g/mol. The van der Waals surface area contributed by atoms with Gasteiger partial charge in [0.1, 0.15) is 17.0 Å². The smallest absolute Gasteiger partial charge is 0.268 e. The van der Waals surface area contributed by atoms with Crippen molar-refractivity contribution in [1.82, 2.24) is 19.7 Å². The molecule has 0 aliphatic heterocycles. The predicted octanol–water partition coefficient (Wildman–Crippen LogP) is 3.99. The number of nitrogens with zero attached hydrogens (tertiary/aromatic N) is 3. The normalized spacial score (nSPS) is 11.3. The second-order valence-electron chi connectivity index (χ2n) is 6.55. The van der Waals surface area contributed by atoms with Gasteiger partial charge in [-0.05, 0) is 29.8 Å². The zero-order chi connectivity index (χ0) is 19.1. The van der Waals surface area contributed by atoms with Crippen LogP contribution in [0.1, 0.15) is 11.3 Å². The van der Waals surface area contributed by atoms with Crippen molar-refractivity contribution in [1.29, 1.82) is 0 Å². The van der Waals surface area contributed by atoms with Crippen molar-refractivity contribution in [3.8, 4) is 5.69 Å². The number of hydrogen-bond donors (Lipinski definition) is 1. The van der Waals surface area contributed by atoms with E-state index in [1.807, 2.05) is 36.4 Å². The van der Waals surface area contributed by atoms with Crippen molar-refractivity contribution in [2.45, 2.75) is 6.42 Å². The maximum absolute atomic E-state index is 14.5. The Bertz CT molecular complexity index is 1370. The summed E-state index contributed by atoms with van der Waals surface area (Å²) in [7, 11) is 0. The van der Waals surface area contributed by atoms with Crippen LogP contribution in [0.4, 0.5) is 4.39 Å². The number of pyridine rings is 2. The van der Waals surface area contributed by atoms with Crippen LogP contribution >= 0.6 is 0 Å². The summed E-state index contributed by atoms with van der Waals surface area (Å²) in [6.45, 7) is 0. The molecule has 3 heterocycles. The standard InChI is InChI=1S/C22H15FN4O/c23-16-10-4-5-11-18(16)27-21-15(9-6-12-24-21)20-19(22(27)28)17(25-26-20)13-14-7-2-1-3-8-14/h1-12H,13H2,(H,25,26). The number of halogens is 1. The van der Waals surface area contributed by atoms with Crippen molar-refractivity contribution in [2.75, 3.05) is 0 Å². The van der Waals surface area contributed by atoms with E-state index in [9.17, 15) is 9.18 Å². The van der Waals surface area contributed by atoms with E-state index in [1.165, 1.54) is 10.6 Å². The molecule has 0 saturated carbocycles. The first-order chi connectivity index (χ1) is 13.7. The van der Waals surface area contributed by atoms with Gasteiger partial charge in [-0.3, -0.25) is 14.5 Å². The van der Waals surface area contributed by atoms with Crippen LogP contribution < -0.4 is 5.56 Å². The van der Waals surface area contributed by atoms with Gasteiger partial charge in [-0.1, -0.05) is 42.5 Å². The molecule has 3 aromatic heterocycles. The van der Waals surface area contributed by atoms with Crippen LogP contribution in [0.5, 0.6) is 0 Å². The highest BCUT2D eigenvalue weighted by Crippen LogP contribution is 2.25. The maximum Gasteiger partial charge on any atom is 0.268 e. The highest BCUT2D eigenvalue weighted by Gasteiger charge is 2.20. The highest BCUT2D eigenvalue weighted by molar-refractivity contribution is 6.03. The zero-order valence-corrected chi connectivity index (χ0v) is 14.8. The van der Waals surface area contributed by atoms with E-state index in [4.69, 9.17) is 0 Å². The van der Waals surface area contributed by atoms with Gasteiger partial charge in [-0.15, -0.1) is 0 Å². The van der Waals surface area contributed by atoms with Gasteiger partial charge in [0.2, 0.25) is 0 Å². The molecule has 0 aliphatic carbocycles. The van der Waals surface area contributed by atoms with Gasteiger partial charge in [0.25, 0.3) is 5.56 Å². The van der Waals surface area contributed by atoms with Gasteiger partial charge in [0.15, 0.2) is 0 Å². The number of benzene rings is 2. The van der Waals surface area contributed by atoms with Crippen LogP contribution in [0.2, 0.25) is 0 Å². The quantitative estimate of drug-likeness (QED) is 0.522. The van der Waals surface area contributed by atoms with Crippen LogP contribution in [-0.4, -0.2) is 19.7 Å². The predicted molar refractivity (Wildman–Crippen MR) is 106 cm³/mol. The van der Waals surface area contributed by atoms with Gasteiger partial charge >= 0.3 is 0 Å². The Kier molecular flexibility index (Phi) is 3.76. The summed E-state index contributed by atoms with van der Waals surface area (Å²) in [6, 6.07) is 19.7. The average Bonchev–Trinajstić information content (AvgIpc) is 3.14. The second kappa shape index (κ2) is 6.42.